The second kappa shape index (κ2) is 5.10. The fourth-order valence-corrected chi connectivity index (χ4v) is 4.65. The molecule has 0 amide bonds. The molecule has 0 saturated heterocycles. The first-order valence-corrected chi connectivity index (χ1v) is 9.16. The summed E-state index contributed by atoms with van der Waals surface area (Å²) in [6.45, 7) is 2.32. The summed E-state index contributed by atoms with van der Waals surface area (Å²) in [5.74, 6) is 1.99. The number of para-hydroxylation sites is 3. The van der Waals surface area contributed by atoms with Crippen LogP contribution in [-0.4, -0.2) is 9.55 Å². The molecule has 0 unspecified atom stereocenters. The maximum absolute atomic E-state index is 5.01. The molecular formula is C21H23N3. The second-order valence-electron chi connectivity index (χ2n) is 7.31. The third kappa shape index (κ3) is 1.87. The Morgan fingerprint density at radius 3 is 2.67 bits per heavy atom. The number of imidazole rings is 1. The summed E-state index contributed by atoms with van der Waals surface area (Å²) in [5.41, 5.74) is 4.78. The third-order valence-electron chi connectivity index (χ3n) is 6.03. The monoisotopic (exact) mass is 317 g/mol. The Kier molecular flexibility index (Phi) is 2.99. The maximum atomic E-state index is 5.01. The van der Waals surface area contributed by atoms with E-state index in [2.05, 4.69) is 65.3 Å². The van der Waals surface area contributed by atoms with E-state index in [-0.39, 0.29) is 5.66 Å². The minimum atomic E-state index is -0.0224. The first-order valence-electron chi connectivity index (χ1n) is 9.16. The van der Waals surface area contributed by atoms with Gasteiger partial charge < -0.3 is 9.88 Å². The van der Waals surface area contributed by atoms with Crippen LogP contribution in [0, 0.1) is 5.92 Å². The van der Waals surface area contributed by atoms with Crippen molar-refractivity contribution in [3.05, 3.63) is 48.5 Å². The lowest BCUT2D eigenvalue weighted by Crippen LogP contribution is -2.47. The molecule has 1 N–H and O–H groups in total. The molecule has 2 heterocycles. The van der Waals surface area contributed by atoms with Crippen molar-refractivity contribution in [3.63, 3.8) is 0 Å². The highest BCUT2D eigenvalue weighted by Gasteiger charge is 2.42. The molecule has 1 aliphatic carbocycles. The number of fused-ring (bicyclic) bond motifs is 6. The van der Waals surface area contributed by atoms with Crippen molar-refractivity contribution in [1.82, 2.24) is 9.55 Å². The van der Waals surface area contributed by atoms with Crippen LogP contribution in [0.4, 0.5) is 5.69 Å². The van der Waals surface area contributed by atoms with Crippen LogP contribution < -0.4 is 5.32 Å². The number of hydrogen-bond donors (Lipinski definition) is 1. The van der Waals surface area contributed by atoms with E-state index in [0.29, 0.717) is 0 Å². The Hall–Kier alpha value is -2.29. The molecular weight excluding hydrogens is 294 g/mol. The van der Waals surface area contributed by atoms with Crippen LogP contribution in [0.2, 0.25) is 0 Å². The summed E-state index contributed by atoms with van der Waals surface area (Å²) in [5, 5.41) is 3.91. The average Bonchev–Trinajstić information content (AvgIpc) is 3.03. The van der Waals surface area contributed by atoms with E-state index in [9.17, 15) is 0 Å². The molecule has 3 aromatic rings. The molecule has 3 heteroatoms. The molecule has 2 aliphatic rings. The van der Waals surface area contributed by atoms with Gasteiger partial charge in [-0.05, 0) is 55.9 Å². The van der Waals surface area contributed by atoms with E-state index in [4.69, 9.17) is 4.98 Å². The Balaban J connectivity index is 1.75. The van der Waals surface area contributed by atoms with Gasteiger partial charge in [-0.3, -0.25) is 0 Å². The molecule has 2 aromatic carbocycles. The molecule has 1 fully saturated rings. The van der Waals surface area contributed by atoms with Crippen LogP contribution in [-0.2, 0) is 5.66 Å². The zero-order chi connectivity index (χ0) is 16.1. The quantitative estimate of drug-likeness (QED) is 0.653. The van der Waals surface area contributed by atoms with Crippen molar-refractivity contribution in [3.8, 4) is 11.4 Å². The largest absolute Gasteiger partial charge is 0.362 e. The summed E-state index contributed by atoms with van der Waals surface area (Å²) in [7, 11) is 0. The summed E-state index contributed by atoms with van der Waals surface area (Å²) in [6.07, 6.45) is 6.22. The molecule has 0 radical (unpaired) electrons. The number of nitrogens with one attached hydrogen (secondary N) is 1. The summed E-state index contributed by atoms with van der Waals surface area (Å²) in [4.78, 5) is 5.01. The molecule has 1 spiro atoms. The number of nitrogens with zero attached hydrogens (tertiary/aromatic N) is 2. The van der Waals surface area contributed by atoms with Gasteiger partial charge in [0.25, 0.3) is 0 Å². The third-order valence-corrected chi connectivity index (χ3v) is 6.03. The minimum Gasteiger partial charge on any atom is -0.362 e. The van der Waals surface area contributed by atoms with E-state index in [1.54, 1.807) is 0 Å². The Morgan fingerprint density at radius 1 is 1.08 bits per heavy atom. The summed E-state index contributed by atoms with van der Waals surface area (Å²) >= 11 is 0. The van der Waals surface area contributed by atoms with E-state index in [1.807, 2.05) is 0 Å². The van der Waals surface area contributed by atoms with Crippen LogP contribution in [0.1, 0.15) is 39.0 Å². The molecule has 24 heavy (non-hydrogen) atoms. The van der Waals surface area contributed by atoms with Crippen LogP contribution in [0.5, 0.6) is 0 Å². The van der Waals surface area contributed by atoms with Gasteiger partial charge >= 0.3 is 0 Å². The molecule has 1 aliphatic heterocycles. The summed E-state index contributed by atoms with van der Waals surface area (Å²) in [6, 6.07) is 17.2. The molecule has 122 valence electrons. The first kappa shape index (κ1) is 14.1. The SMILES string of the molecule is CCC1CCC2(CC1)Nc1ccccc1-c1nc3ccccc3n12. The Bertz CT molecular complexity index is 900. The van der Waals surface area contributed by atoms with E-state index >= 15 is 0 Å². The number of aromatic nitrogens is 2. The molecule has 0 atom stereocenters. The second-order valence-corrected chi connectivity index (χ2v) is 7.31. The summed E-state index contributed by atoms with van der Waals surface area (Å²) < 4.78 is 2.50. The number of anilines is 1. The lowest BCUT2D eigenvalue weighted by molar-refractivity contribution is 0.185. The molecule has 3 nitrogen and oxygen atoms in total. The van der Waals surface area contributed by atoms with E-state index in [1.165, 1.54) is 48.9 Å². The predicted molar refractivity (Wildman–Crippen MR) is 99.0 cm³/mol. The van der Waals surface area contributed by atoms with E-state index in [0.717, 1.165) is 17.3 Å². The zero-order valence-electron chi connectivity index (χ0n) is 14.1. The zero-order valence-corrected chi connectivity index (χ0v) is 14.1. The first-order chi connectivity index (χ1) is 11.8. The number of rotatable bonds is 1. The Morgan fingerprint density at radius 2 is 1.83 bits per heavy atom. The number of benzene rings is 2. The van der Waals surface area contributed by atoms with Gasteiger partial charge in [0.1, 0.15) is 11.5 Å². The smallest absolute Gasteiger partial charge is 0.145 e. The standard InChI is InChI=1S/C21H23N3/c1-2-15-11-13-21(14-12-15)23-17-8-4-3-7-16(17)20-22-18-9-5-6-10-19(18)24(20)21/h3-10,15,23H,2,11-14H2,1H3. The molecule has 0 bridgehead atoms. The molecule has 1 saturated carbocycles. The van der Waals surface area contributed by atoms with Gasteiger partial charge in [0, 0.05) is 11.3 Å². The van der Waals surface area contributed by atoms with Gasteiger partial charge in [-0.25, -0.2) is 4.98 Å². The van der Waals surface area contributed by atoms with E-state index < -0.39 is 0 Å². The highest BCUT2D eigenvalue weighted by atomic mass is 15.3. The highest BCUT2D eigenvalue weighted by molar-refractivity contribution is 5.86. The van der Waals surface area contributed by atoms with Gasteiger partial charge in [0.15, 0.2) is 0 Å². The van der Waals surface area contributed by atoms with Gasteiger partial charge in [0.2, 0.25) is 0 Å². The van der Waals surface area contributed by atoms with Crippen molar-refractivity contribution in [2.24, 2.45) is 5.92 Å². The van der Waals surface area contributed by atoms with Crippen LogP contribution in [0.15, 0.2) is 48.5 Å². The van der Waals surface area contributed by atoms with Crippen molar-refractivity contribution in [2.75, 3.05) is 5.32 Å². The molecule has 1 aromatic heterocycles. The minimum absolute atomic E-state index is 0.0224. The average molecular weight is 317 g/mol. The van der Waals surface area contributed by atoms with Crippen molar-refractivity contribution < 1.29 is 0 Å². The normalized spacial score (nSPS) is 25.3. The van der Waals surface area contributed by atoms with Crippen LogP contribution in [0.3, 0.4) is 0 Å². The Labute approximate surface area is 142 Å². The highest BCUT2D eigenvalue weighted by Crippen LogP contribution is 2.48. The van der Waals surface area contributed by atoms with Crippen LogP contribution in [0.25, 0.3) is 22.4 Å². The van der Waals surface area contributed by atoms with Crippen molar-refractivity contribution in [1.29, 1.82) is 0 Å². The van der Waals surface area contributed by atoms with Gasteiger partial charge in [-0.15, -0.1) is 0 Å². The maximum Gasteiger partial charge on any atom is 0.145 e. The van der Waals surface area contributed by atoms with Crippen molar-refractivity contribution in [2.45, 2.75) is 44.7 Å². The number of hydrogen-bond acceptors (Lipinski definition) is 2. The van der Waals surface area contributed by atoms with Gasteiger partial charge in [-0.1, -0.05) is 37.6 Å². The van der Waals surface area contributed by atoms with Gasteiger partial charge in [0.05, 0.1) is 11.0 Å². The molecule has 5 rings (SSSR count). The van der Waals surface area contributed by atoms with Crippen LogP contribution >= 0.6 is 0 Å². The van der Waals surface area contributed by atoms with Gasteiger partial charge in [-0.2, -0.15) is 0 Å². The predicted octanol–water partition coefficient (Wildman–Crippen LogP) is 5.38. The van der Waals surface area contributed by atoms with Crippen molar-refractivity contribution >= 4 is 16.7 Å². The fourth-order valence-electron chi connectivity index (χ4n) is 4.65. The fraction of sp³-hybridized carbons (Fsp3) is 0.381. The topological polar surface area (TPSA) is 29.9 Å². The lowest BCUT2D eigenvalue weighted by Gasteiger charge is -2.46. The lowest BCUT2D eigenvalue weighted by atomic mass is 9.79.